The number of hydrogen-bond acceptors (Lipinski definition) is 2. The van der Waals surface area contributed by atoms with E-state index in [1.807, 2.05) is 24.3 Å². The molecular weight excluding hydrogens is 373 g/mol. The van der Waals surface area contributed by atoms with Gasteiger partial charge in [0.1, 0.15) is 0 Å². The molecule has 0 aliphatic heterocycles. The Balaban J connectivity index is 1.69. The summed E-state index contributed by atoms with van der Waals surface area (Å²) in [7, 11) is 0. The number of carbonyl (C=O) groups excluding carboxylic acids is 1. The van der Waals surface area contributed by atoms with Crippen LogP contribution < -0.4 is 5.32 Å². The number of benzene rings is 2. The molecule has 130 valence electrons. The number of para-hydroxylation sites is 1. The number of aromatic amines is 1. The van der Waals surface area contributed by atoms with E-state index in [2.05, 4.69) is 10.3 Å². The number of carbonyl (C=O) groups is 1. The molecule has 8 heteroatoms. The molecule has 3 nitrogen and oxygen atoms in total. The number of H-pyrrole nitrogens is 1. The van der Waals surface area contributed by atoms with Gasteiger partial charge in [-0.05, 0) is 24.3 Å². The lowest BCUT2D eigenvalue weighted by Crippen LogP contribution is -2.15. The molecule has 2 aromatic carbocycles. The fourth-order valence-corrected chi connectivity index (χ4v) is 3.29. The number of hydrogen-bond donors (Lipinski definition) is 2. The molecule has 1 heterocycles. The van der Waals surface area contributed by atoms with E-state index in [9.17, 15) is 18.0 Å². The maximum atomic E-state index is 12.8. The summed E-state index contributed by atoms with van der Waals surface area (Å²) in [6.07, 6.45) is -2.71. The predicted molar refractivity (Wildman–Crippen MR) is 94.1 cm³/mol. The molecule has 3 rings (SSSR count). The van der Waals surface area contributed by atoms with Gasteiger partial charge >= 0.3 is 6.18 Å². The summed E-state index contributed by atoms with van der Waals surface area (Å²) in [5.74, 6) is -0.384. The number of nitrogens with one attached hydrogen (secondary N) is 2. The highest BCUT2D eigenvalue weighted by Gasteiger charge is 2.31. The zero-order valence-corrected chi connectivity index (χ0v) is 14.2. The van der Waals surface area contributed by atoms with Crippen LogP contribution in [-0.4, -0.2) is 16.6 Å². The van der Waals surface area contributed by atoms with Crippen molar-refractivity contribution in [3.05, 3.63) is 59.2 Å². The Morgan fingerprint density at radius 1 is 1.20 bits per heavy atom. The smallest absolute Gasteiger partial charge is 0.360 e. The van der Waals surface area contributed by atoms with Crippen LogP contribution in [0, 0.1) is 0 Å². The van der Waals surface area contributed by atoms with Crippen LogP contribution in [0.2, 0.25) is 5.02 Å². The SMILES string of the molecule is O=C(CSc1c[nH]c2ccccc12)Nc1cc(C(F)(F)F)ccc1Cl. The monoisotopic (exact) mass is 384 g/mol. The zero-order valence-electron chi connectivity index (χ0n) is 12.7. The van der Waals surface area contributed by atoms with E-state index < -0.39 is 17.6 Å². The van der Waals surface area contributed by atoms with E-state index in [-0.39, 0.29) is 16.5 Å². The second-order valence-electron chi connectivity index (χ2n) is 5.23. The Kier molecular flexibility index (Phi) is 4.96. The lowest BCUT2D eigenvalue weighted by molar-refractivity contribution is -0.137. The Morgan fingerprint density at radius 2 is 1.96 bits per heavy atom. The minimum Gasteiger partial charge on any atom is -0.360 e. The van der Waals surface area contributed by atoms with Crippen molar-refractivity contribution >= 4 is 45.9 Å². The van der Waals surface area contributed by atoms with Crippen molar-refractivity contribution in [2.75, 3.05) is 11.1 Å². The maximum absolute atomic E-state index is 12.8. The first-order valence-corrected chi connectivity index (χ1v) is 8.56. The van der Waals surface area contributed by atoms with Gasteiger partial charge in [0.05, 0.1) is 22.0 Å². The summed E-state index contributed by atoms with van der Waals surface area (Å²) in [6.45, 7) is 0. The summed E-state index contributed by atoms with van der Waals surface area (Å²) in [4.78, 5) is 16.1. The second kappa shape index (κ2) is 7.01. The first-order chi connectivity index (χ1) is 11.8. The number of fused-ring (bicyclic) bond motifs is 1. The van der Waals surface area contributed by atoms with Crippen molar-refractivity contribution in [3.63, 3.8) is 0 Å². The number of aromatic nitrogens is 1. The summed E-state index contributed by atoms with van der Waals surface area (Å²) in [6, 6.07) is 10.5. The van der Waals surface area contributed by atoms with Crippen LogP contribution >= 0.6 is 23.4 Å². The van der Waals surface area contributed by atoms with Crippen LogP contribution in [0.25, 0.3) is 10.9 Å². The van der Waals surface area contributed by atoms with Gasteiger partial charge in [-0.15, -0.1) is 11.8 Å². The summed E-state index contributed by atoms with van der Waals surface area (Å²) < 4.78 is 38.3. The van der Waals surface area contributed by atoms with Crippen LogP contribution in [-0.2, 0) is 11.0 Å². The van der Waals surface area contributed by atoms with E-state index in [0.29, 0.717) is 0 Å². The Labute approximate surface area is 150 Å². The lowest BCUT2D eigenvalue weighted by Gasteiger charge is -2.11. The van der Waals surface area contributed by atoms with Gasteiger partial charge in [0.15, 0.2) is 0 Å². The van der Waals surface area contributed by atoms with E-state index >= 15 is 0 Å². The molecular formula is C17H12ClF3N2OS. The Hall–Kier alpha value is -2.12. The van der Waals surface area contributed by atoms with Crippen molar-refractivity contribution < 1.29 is 18.0 Å². The number of halogens is 4. The topological polar surface area (TPSA) is 44.9 Å². The van der Waals surface area contributed by atoms with Crippen LogP contribution in [0.1, 0.15) is 5.56 Å². The van der Waals surface area contributed by atoms with Crippen LogP contribution in [0.4, 0.5) is 18.9 Å². The van der Waals surface area contributed by atoms with Gasteiger partial charge in [0.25, 0.3) is 0 Å². The molecule has 25 heavy (non-hydrogen) atoms. The second-order valence-corrected chi connectivity index (χ2v) is 6.65. The summed E-state index contributed by atoms with van der Waals surface area (Å²) in [5.41, 5.74) is 0.0313. The molecule has 0 aliphatic carbocycles. The minimum atomic E-state index is -4.50. The summed E-state index contributed by atoms with van der Waals surface area (Å²) in [5, 5.41) is 3.47. The first kappa shape index (κ1) is 17.7. The van der Waals surface area contributed by atoms with Crippen LogP contribution in [0.15, 0.2) is 53.6 Å². The number of thioether (sulfide) groups is 1. The van der Waals surface area contributed by atoms with E-state index in [1.54, 1.807) is 6.20 Å². The van der Waals surface area contributed by atoms with Crippen molar-refractivity contribution in [2.24, 2.45) is 0 Å². The highest BCUT2D eigenvalue weighted by molar-refractivity contribution is 8.00. The zero-order chi connectivity index (χ0) is 18.0. The van der Waals surface area contributed by atoms with Crippen LogP contribution in [0.5, 0.6) is 0 Å². The van der Waals surface area contributed by atoms with E-state index in [1.165, 1.54) is 11.8 Å². The average molecular weight is 385 g/mol. The lowest BCUT2D eigenvalue weighted by atomic mass is 10.2. The maximum Gasteiger partial charge on any atom is 0.416 e. The summed E-state index contributed by atoms with van der Waals surface area (Å²) >= 11 is 7.17. The highest BCUT2D eigenvalue weighted by Crippen LogP contribution is 2.34. The molecule has 0 spiro atoms. The Morgan fingerprint density at radius 3 is 2.72 bits per heavy atom. The molecule has 0 fully saturated rings. The molecule has 1 aromatic heterocycles. The van der Waals surface area contributed by atoms with Gasteiger partial charge < -0.3 is 10.3 Å². The standard InChI is InChI=1S/C17H12ClF3N2OS/c18-12-6-5-10(17(19,20)21)7-14(12)23-16(24)9-25-15-8-22-13-4-2-1-3-11(13)15/h1-8,22H,9H2,(H,23,24). The third-order valence-electron chi connectivity index (χ3n) is 3.48. The third-order valence-corrected chi connectivity index (χ3v) is 4.86. The molecule has 3 aromatic rings. The molecule has 0 saturated heterocycles. The molecule has 1 amide bonds. The van der Waals surface area contributed by atoms with E-state index in [4.69, 9.17) is 11.6 Å². The van der Waals surface area contributed by atoms with Crippen molar-refractivity contribution in [1.29, 1.82) is 0 Å². The van der Waals surface area contributed by atoms with Gasteiger partial charge in [0, 0.05) is 22.0 Å². The van der Waals surface area contributed by atoms with Crippen molar-refractivity contribution in [2.45, 2.75) is 11.1 Å². The van der Waals surface area contributed by atoms with Gasteiger partial charge in [-0.3, -0.25) is 4.79 Å². The van der Waals surface area contributed by atoms with Gasteiger partial charge in [0.2, 0.25) is 5.91 Å². The molecule has 2 N–H and O–H groups in total. The normalized spacial score (nSPS) is 11.7. The van der Waals surface area contributed by atoms with Crippen molar-refractivity contribution in [1.82, 2.24) is 4.98 Å². The largest absolute Gasteiger partial charge is 0.416 e. The van der Waals surface area contributed by atoms with Gasteiger partial charge in [-0.2, -0.15) is 13.2 Å². The fourth-order valence-electron chi connectivity index (χ4n) is 2.29. The number of anilines is 1. The molecule has 0 aliphatic rings. The molecule has 0 atom stereocenters. The number of rotatable bonds is 4. The van der Waals surface area contributed by atoms with E-state index in [0.717, 1.165) is 34.0 Å². The molecule has 0 bridgehead atoms. The van der Waals surface area contributed by atoms with Gasteiger partial charge in [-0.25, -0.2) is 0 Å². The Bertz CT molecular complexity index is 924. The van der Waals surface area contributed by atoms with Crippen molar-refractivity contribution in [3.8, 4) is 0 Å². The quantitative estimate of drug-likeness (QED) is 0.577. The first-order valence-electron chi connectivity index (χ1n) is 7.20. The minimum absolute atomic E-state index is 0.0500. The molecule has 0 unspecified atom stereocenters. The molecule has 0 radical (unpaired) electrons. The fraction of sp³-hybridized carbons (Fsp3) is 0.118. The predicted octanol–water partition coefficient (Wildman–Crippen LogP) is 5.57. The third kappa shape index (κ3) is 4.11. The van der Waals surface area contributed by atoms with Crippen LogP contribution in [0.3, 0.4) is 0 Å². The molecule has 0 saturated carbocycles. The highest BCUT2D eigenvalue weighted by atomic mass is 35.5. The van der Waals surface area contributed by atoms with Gasteiger partial charge in [-0.1, -0.05) is 29.8 Å². The number of amides is 1. The average Bonchev–Trinajstić information content (AvgIpc) is 2.97. The number of alkyl halides is 3.